The second-order valence-corrected chi connectivity index (χ2v) is 4.86. The molecule has 0 fully saturated rings. The SMILES string of the molecule is COc1ccc(Cn2cnc3ccc(C(=O)NO)cc32)cc1. The molecule has 112 valence electrons. The molecule has 0 spiro atoms. The number of fused-ring (bicyclic) bond motifs is 1. The Balaban J connectivity index is 1.94. The van der Waals surface area contributed by atoms with E-state index in [-0.39, 0.29) is 0 Å². The van der Waals surface area contributed by atoms with E-state index in [0.29, 0.717) is 12.1 Å². The molecule has 1 aromatic heterocycles. The number of hydrogen-bond acceptors (Lipinski definition) is 4. The molecule has 1 heterocycles. The molecule has 0 aliphatic heterocycles. The Morgan fingerprint density at radius 3 is 2.73 bits per heavy atom. The Labute approximate surface area is 126 Å². The third-order valence-corrected chi connectivity index (χ3v) is 3.50. The standard InChI is InChI=1S/C16H15N3O3/c1-22-13-5-2-11(3-6-13)9-19-10-17-14-7-4-12(8-15(14)19)16(20)18-21/h2-8,10,21H,9H2,1H3,(H,18,20). The second kappa shape index (κ2) is 5.87. The number of rotatable bonds is 4. The quantitative estimate of drug-likeness (QED) is 0.572. The van der Waals surface area contributed by atoms with Crippen LogP contribution in [0.15, 0.2) is 48.8 Å². The van der Waals surface area contributed by atoms with Crippen LogP contribution < -0.4 is 10.2 Å². The van der Waals surface area contributed by atoms with Crippen LogP contribution >= 0.6 is 0 Å². The molecule has 0 bridgehead atoms. The van der Waals surface area contributed by atoms with E-state index in [1.54, 1.807) is 37.1 Å². The minimum Gasteiger partial charge on any atom is -0.497 e. The highest BCUT2D eigenvalue weighted by atomic mass is 16.5. The van der Waals surface area contributed by atoms with Gasteiger partial charge >= 0.3 is 0 Å². The van der Waals surface area contributed by atoms with Crippen LogP contribution in [0.3, 0.4) is 0 Å². The summed E-state index contributed by atoms with van der Waals surface area (Å²) in [4.78, 5) is 15.8. The summed E-state index contributed by atoms with van der Waals surface area (Å²) in [6, 6.07) is 12.8. The van der Waals surface area contributed by atoms with Crippen LogP contribution in [0, 0.1) is 0 Å². The van der Waals surface area contributed by atoms with E-state index in [2.05, 4.69) is 4.98 Å². The van der Waals surface area contributed by atoms with Crippen LogP contribution in [0.5, 0.6) is 5.75 Å². The largest absolute Gasteiger partial charge is 0.497 e. The molecule has 2 aromatic carbocycles. The van der Waals surface area contributed by atoms with E-state index in [1.807, 2.05) is 28.8 Å². The van der Waals surface area contributed by atoms with Gasteiger partial charge in [-0.25, -0.2) is 10.5 Å². The van der Waals surface area contributed by atoms with Gasteiger partial charge in [0, 0.05) is 12.1 Å². The third kappa shape index (κ3) is 2.64. The molecule has 0 atom stereocenters. The molecule has 3 aromatic rings. The van der Waals surface area contributed by atoms with Gasteiger partial charge in [-0.05, 0) is 35.9 Å². The Bertz CT molecular complexity index is 809. The van der Waals surface area contributed by atoms with Gasteiger partial charge in [0.1, 0.15) is 5.75 Å². The summed E-state index contributed by atoms with van der Waals surface area (Å²) in [5, 5.41) is 8.73. The molecule has 0 radical (unpaired) electrons. The van der Waals surface area contributed by atoms with Crippen LogP contribution in [0.25, 0.3) is 11.0 Å². The molecule has 1 amide bonds. The molecule has 3 rings (SSSR count). The Hall–Kier alpha value is -2.86. The van der Waals surface area contributed by atoms with Gasteiger partial charge in [0.2, 0.25) is 0 Å². The molecule has 0 unspecified atom stereocenters. The van der Waals surface area contributed by atoms with E-state index in [1.165, 1.54) is 0 Å². The van der Waals surface area contributed by atoms with Crippen molar-refractivity contribution in [3.05, 3.63) is 59.9 Å². The van der Waals surface area contributed by atoms with Gasteiger partial charge in [0.15, 0.2) is 0 Å². The summed E-state index contributed by atoms with van der Waals surface area (Å²) < 4.78 is 7.09. The summed E-state index contributed by atoms with van der Waals surface area (Å²) in [7, 11) is 1.63. The highest BCUT2D eigenvalue weighted by Gasteiger charge is 2.09. The molecule has 6 nitrogen and oxygen atoms in total. The maximum Gasteiger partial charge on any atom is 0.274 e. The van der Waals surface area contributed by atoms with Crippen molar-refractivity contribution in [3.8, 4) is 5.75 Å². The smallest absolute Gasteiger partial charge is 0.274 e. The maximum atomic E-state index is 11.5. The normalized spacial score (nSPS) is 10.6. The van der Waals surface area contributed by atoms with Crippen LogP contribution in [0.1, 0.15) is 15.9 Å². The minimum atomic E-state index is -0.543. The molecule has 0 saturated carbocycles. The van der Waals surface area contributed by atoms with Crippen molar-refractivity contribution in [2.24, 2.45) is 0 Å². The Morgan fingerprint density at radius 2 is 2.05 bits per heavy atom. The zero-order chi connectivity index (χ0) is 15.5. The topological polar surface area (TPSA) is 76.4 Å². The fraction of sp³-hybridized carbons (Fsp3) is 0.125. The van der Waals surface area contributed by atoms with Crippen molar-refractivity contribution in [3.63, 3.8) is 0 Å². The molecule has 0 aliphatic carbocycles. The Morgan fingerprint density at radius 1 is 1.27 bits per heavy atom. The van der Waals surface area contributed by atoms with Gasteiger partial charge in [-0.2, -0.15) is 0 Å². The first-order valence-corrected chi connectivity index (χ1v) is 6.73. The number of nitrogens with zero attached hydrogens (tertiary/aromatic N) is 2. The van der Waals surface area contributed by atoms with Gasteiger partial charge in [-0.1, -0.05) is 12.1 Å². The first-order chi connectivity index (χ1) is 10.7. The van der Waals surface area contributed by atoms with Crippen molar-refractivity contribution in [2.75, 3.05) is 7.11 Å². The minimum absolute atomic E-state index is 0.381. The average Bonchev–Trinajstić information content (AvgIpc) is 2.97. The molecule has 2 N–H and O–H groups in total. The number of methoxy groups -OCH3 is 1. The Kier molecular flexibility index (Phi) is 3.76. The summed E-state index contributed by atoms with van der Waals surface area (Å²) >= 11 is 0. The average molecular weight is 297 g/mol. The second-order valence-electron chi connectivity index (χ2n) is 4.86. The lowest BCUT2D eigenvalue weighted by Gasteiger charge is -2.07. The predicted molar refractivity (Wildman–Crippen MR) is 81.1 cm³/mol. The summed E-state index contributed by atoms with van der Waals surface area (Å²) in [5.41, 5.74) is 4.74. The highest BCUT2D eigenvalue weighted by Crippen LogP contribution is 2.18. The first-order valence-electron chi connectivity index (χ1n) is 6.73. The van der Waals surface area contributed by atoms with E-state index in [9.17, 15) is 4.79 Å². The lowest BCUT2D eigenvalue weighted by Crippen LogP contribution is -2.18. The molecule has 22 heavy (non-hydrogen) atoms. The van der Waals surface area contributed by atoms with Crippen molar-refractivity contribution >= 4 is 16.9 Å². The zero-order valence-corrected chi connectivity index (χ0v) is 12.0. The van der Waals surface area contributed by atoms with E-state index in [0.717, 1.165) is 22.3 Å². The van der Waals surface area contributed by atoms with Crippen LogP contribution in [-0.2, 0) is 6.54 Å². The number of carbonyl (C=O) groups is 1. The number of imidazole rings is 1. The number of benzene rings is 2. The van der Waals surface area contributed by atoms with Crippen molar-refractivity contribution in [1.29, 1.82) is 0 Å². The van der Waals surface area contributed by atoms with Crippen molar-refractivity contribution in [2.45, 2.75) is 6.54 Å². The monoisotopic (exact) mass is 297 g/mol. The number of nitrogens with one attached hydrogen (secondary N) is 1. The van der Waals surface area contributed by atoms with Gasteiger partial charge in [0.05, 0.1) is 24.5 Å². The number of hydrogen-bond donors (Lipinski definition) is 2. The predicted octanol–water partition coefficient (Wildman–Crippen LogP) is 2.21. The zero-order valence-electron chi connectivity index (χ0n) is 12.0. The fourth-order valence-electron chi connectivity index (χ4n) is 2.32. The van der Waals surface area contributed by atoms with Crippen LogP contribution in [0.2, 0.25) is 0 Å². The van der Waals surface area contributed by atoms with Gasteiger partial charge < -0.3 is 9.30 Å². The van der Waals surface area contributed by atoms with Gasteiger partial charge in [0.25, 0.3) is 5.91 Å². The van der Waals surface area contributed by atoms with Crippen molar-refractivity contribution in [1.82, 2.24) is 15.0 Å². The van der Waals surface area contributed by atoms with E-state index >= 15 is 0 Å². The van der Waals surface area contributed by atoms with E-state index < -0.39 is 5.91 Å². The maximum absolute atomic E-state index is 11.5. The molecule has 0 aliphatic rings. The molecular formula is C16H15N3O3. The number of ether oxygens (including phenoxy) is 1. The lowest BCUT2D eigenvalue weighted by atomic mass is 10.1. The third-order valence-electron chi connectivity index (χ3n) is 3.50. The molecule has 6 heteroatoms. The van der Waals surface area contributed by atoms with Crippen LogP contribution in [-0.4, -0.2) is 27.8 Å². The van der Waals surface area contributed by atoms with Gasteiger partial charge in [-0.15, -0.1) is 0 Å². The summed E-state index contributed by atoms with van der Waals surface area (Å²) in [6.45, 7) is 0.630. The number of carbonyl (C=O) groups excluding carboxylic acids is 1. The number of amides is 1. The first kappa shape index (κ1) is 14.1. The van der Waals surface area contributed by atoms with Crippen LogP contribution in [0.4, 0.5) is 0 Å². The number of hydroxylamine groups is 1. The molecular weight excluding hydrogens is 282 g/mol. The molecule has 0 saturated heterocycles. The number of aromatic nitrogens is 2. The van der Waals surface area contributed by atoms with E-state index in [4.69, 9.17) is 9.94 Å². The summed E-state index contributed by atoms with van der Waals surface area (Å²) in [5.74, 6) is 0.264. The highest BCUT2D eigenvalue weighted by molar-refractivity contribution is 5.96. The van der Waals surface area contributed by atoms with Gasteiger partial charge in [-0.3, -0.25) is 10.0 Å². The summed E-state index contributed by atoms with van der Waals surface area (Å²) in [6.07, 6.45) is 1.73. The fourth-order valence-corrected chi connectivity index (χ4v) is 2.32. The lowest BCUT2D eigenvalue weighted by molar-refractivity contribution is 0.0706. The van der Waals surface area contributed by atoms with Crippen molar-refractivity contribution < 1.29 is 14.7 Å².